The number of carboxylic acids is 1. The molecular formula is C4H8NaO3. The normalized spacial score (nSPS) is 11.8. The van der Waals surface area contributed by atoms with E-state index in [-0.39, 0.29) is 29.6 Å². The smallest absolute Gasteiger partial charge is 0.332 e. The molecule has 8 heavy (non-hydrogen) atoms. The molecule has 0 aromatic rings. The Kier molecular flexibility index (Phi) is 7.83. The summed E-state index contributed by atoms with van der Waals surface area (Å²) in [6.07, 6.45) is -0.681. The molecule has 0 heterocycles. The molecule has 43 valence electrons. The molecule has 0 aliphatic rings. The Morgan fingerprint density at radius 2 is 2.12 bits per heavy atom. The van der Waals surface area contributed by atoms with Crippen molar-refractivity contribution < 1.29 is 14.6 Å². The quantitative estimate of drug-likeness (QED) is 0.519. The fraction of sp³-hybridized carbons (Fsp3) is 0.750. The molecule has 1 atom stereocenters. The monoisotopic (exact) mass is 127 g/mol. The first-order valence-electron chi connectivity index (χ1n) is 1.94. The zero-order valence-electron chi connectivity index (χ0n) is 5.34. The average molecular weight is 127 g/mol. The summed E-state index contributed by atoms with van der Waals surface area (Å²) >= 11 is 0. The predicted octanol–water partition coefficient (Wildman–Crippen LogP) is -0.275. The summed E-state index contributed by atoms with van der Waals surface area (Å²) in [5.41, 5.74) is 0. The zero-order valence-corrected chi connectivity index (χ0v) is 7.34. The number of carbonyl (C=O) groups is 1. The second-order valence-electron chi connectivity index (χ2n) is 1.22. The maximum atomic E-state index is 9.81. The van der Waals surface area contributed by atoms with Crippen LogP contribution in [0.5, 0.6) is 0 Å². The van der Waals surface area contributed by atoms with Crippen LogP contribution >= 0.6 is 0 Å². The number of hydrogen-bond donors (Lipinski definition) is 1. The van der Waals surface area contributed by atoms with Gasteiger partial charge < -0.3 is 9.84 Å². The number of carboxylic acid groups (broad SMARTS) is 1. The first-order valence-corrected chi connectivity index (χ1v) is 1.94. The van der Waals surface area contributed by atoms with Crippen LogP contribution in [0, 0.1) is 0 Å². The van der Waals surface area contributed by atoms with Crippen LogP contribution in [0.15, 0.2) is 0 Å². The molecule has 0 saturated carbocycles. The van der Waals surface area contributed by atoms with E-state index in [0.717, 1.165) is 0 Å². The molecule has 0 spiro atoms. The largest absolute Gasteiger partial charge is 0.479 e. The molecular weight excluding hydrogens is 119 g/mol. The first kappa shape index (κ1) is 11.3. The molecule has 4 heteroatoms. The van der Waals surface area contributed by atoms with Gasteiger partial charge in [0.1, 0.15) is 0 Å². The minimum Gasteiger partial charge on any atom is -0.479 e. The Bertz CT molecular complexity index is 73.7. The maximum Gasteiger partial charge on any atom is 0.332 e. The minimum atomic E-state index is -0.928. The van der Waals surface area contributed by atoms with E-state index in [1.807, 2.05) is 0 Å². The van der Waals surface area contributed by atoms with E-state index in [9.17, 15) is 4.79 Å². The summed E-state index contributed by atoms with van der Waals surface area (Å²) in [4.78, 5) is 9.81. The standard InChI is InChI=1S/C4H8O3.Na/c1-3(7-2)4(5)6;/h3H,1-2H3,(H,5,6);. The van der Waals surface area contributed by atoms with Gasteiger partial charge in [-0.25, -0.2) is 4.79 Å². The van der Waals surface area contributed by atoms with E-state index >= 15 is 0 Å². The first-order chi connectivity index (χ1) is 3.18. The second-order valence-corrected chi connectivity index (χ2v) is 1.22. The maximum absolute atomic E-state index is 9.81. The fourth-order valence-corrected chi connectivity index (χ4v) is 0.101. The van der Waals surface area contributed by atoms with E-state index in [1.54, 1.807) is 0 Å². The van der Waals surface area contributed by atoms with Gasteiger partial charge in [0.25, 0.3) is 0 Å². The zero-order chi connectivity index (χ0) is 5.86. The minimum absolute atomic E-state index is 0. The van der Waals surface area contributed by atoms with Crippen molar-refractivity contribution in [2.24, 2.45) is 0 Å². The van der Waals surface area contributed by atoms with Crippen molar-refractivity contribution in [1.29, 1.82) is 0 Å². The van der Waals surface area contributed by atoms with Gasteiger partial charge in [-0.3, -0.25) is 0 Å². The van der Waals surface area contributed by atoms with Crippen molar-refractivity contribution in [3.05, 3.63) is 0 Å². The van der Waals surface area contributed by atoms with Crippen LogP contribution in [-0.2, 0) is 9.53 Å². The fourth-order valence-electron chi connectivity index (χ4n) is 0.101. The molecule has 1 radical (unpaired) electrons. The van der Waals surface area contributed by atoms with Crippen molar-refractivity contribution in [1.82, 2.24) is 0 Å². The van der Waals surface area contributed by atoms with Gasteiger partial charge in [0, 0.05) is 36.7 Å². The van der Waals surface area contributed by atoms with Crippen LogP contribution in [0.25, 0.3) is 0 Å². The Labute approximate surface area is 70.3 Å². The van der Waals surface area contributed by atoms with Crippen molar-refractivity contribution >= 4 is 35.5 Å². The summed E-state index contributed by atoms with van der Waals surface area (Å²) in [6, 6.07) is 0. The van der Waals surface area contributed by atoms with Crippen LogP contribution in [-0.4, -0.2) is 53.8 Å². The van der Waals surface area contributed by atoms with Crippen LogP contribution < -0.4 is 0 Å². The summed E-state index contributed by atoms with van der Waals surface area (Å²) in [5, 5.41) is 8.06. The van der Waals surface area contributed by atoms with Gasteiger partial charge in [0.2, 0.25) is 0 Å². The molecule has 0 bridgehead atoms. The molecule has 0 rings (SSSR count). The number of rotatable bonds is 2. The molecule has 0 aromatic carbocycles. The average Bonchev–Trinajstić information content (AvgIpc) is 1.65. The summed E-state index contributed by atoms with van der Waals surface area (Å²) < 4.78 is 4.41. The van der Waals surface area contributed by atoms with Crippen LogP contribution in [0.1, 0.15) is 6.92 Å². The van der Waals surface area contributed by atoms with E-state index in [4.69, 9.17) is 5.11 Å². The van der Waals surface area contributed by atoms with Crippen LogP contribution in [0.4, 0.5) is 0 Å². The van der Waals surface area contributed by atoms with E-state index in [1.165, 1.54) is 14.0 Å². The van der Waals surface area contributed by atoms with Crippen molar-refractivity contribution in [3.8, 4) is 0 Å². The predicted molar refractivity (Wildman–Crippen MR) is 29.9 cm³/mol. The molecule has 0 aliphatic heterocycles. The van der Waals surface area contributed by atoms with Crippen LogP contribution in [0.2, 0.25) is 0 Å². The number of methoxy groups -OCH3 is 1. The molecule has 0 aromatic heterocycles. The third-order valence-electron chi connectivity index (χ3n) is 0.701. The molecule has 0 aliphatic carbocycles. The molecule has 0 fully saturated rings. The number of ether oxygens (including phenoxy) is 1. The molecule has 1 N–H and O–H groups in total. The SMILES string of the molecule is COC(C)C(=O)O.[Na]. The Morgan fingerprint density at radius 3 is 2.12 bits per heavy atom. The van der Waals surface area contributed by atoms with Gasteiger partial charge in [-0.15, -0.1) is 0 Å². The van der Waals surface area contributed by atoms with Crippen molar-refractivity contribution in [2.45, 2.75) is 13.0 Å². The summed E-state index contributed by atoms with van der Waals surface area (Å²) in [5.74, 6) is -0.928. The van der Waals surface area contributed by atoms with E-state index < -0.39 is 12.1 Å². The Morgan fingerprint density at radius 1 is 1.75 bits per heavy atom. The molecule has 0 saturated heterocycles. The third-order valence-corrected chi connectivity index (χ3v) is 0.701. The van der Waals surface area contributed by atoms with Crippen molar-refractivity contribution in [3.63, 3.8) is 0 Å². The van der Waals surface area contributed by atoms with Gasteiger partial charge in [0.05, 0.1) is 0 Å². The summed E-state index contributed by atoms with van der Waals surface area (Å²) in [7, 11) is 1.36. The van der Waals surface area contributed by atoms with Crippen LogP contribution in [0.3, 0.4) is 0 Å². The van der Waals surface area contributed by atoms with E-state index in [0.29, 0.717) is 0 Å². The van der Waals surface area contributed by atoms with Gasteiger partial charge in [-0.1, -0.05) is 0 Å². The van der Waals surface area contributed by atoms with Gasteiger partial charge in [0.15, 0.2) is 6.10 Å². The Balaban J connectivity index is 0. The summed E-state index contributed by atoms with van der Waals surface area (Å²) in [6.45, 7) is 1.47. The van der Waals surface area contributed by atoms with E-state index in [2.05, 4.69) is 4.74 Å². The second kappa shape index (κ2) is 5.56. The van der Waals surface area contributed by atoms with Crippen molar-refractivity contribution in [2.75, 3.05) is 7.11 Å². The van der Waals surface area contributed by atoms with Gasteiger partial charge >= 0.3 is 5.97 Å². The third kappa shape index (κ3) is 4.59. The van der Waals surface area contributed by atoms with Gasteiger partial charge in [-0.05, 0) is 6.92 Å². The topological polar surface area (TPSA) is 46.5 Å². The number of hydrogen-bond acceptors (Lipinski definition) is 2. The Hall–Kier alpha value is 0.430. The molecule has 0 amide bonds. The van der Waals surface area contributed by atoms with Gasteiger partial charge in [-0.2, -0.15) is 0 Å². The molecule has 1 unspecified atom stereocenters. The molecule has 3 nitrogen and oxygen atoms in total. The number of aliphatic carboxylic acids is 1.